The summed E-state index contributed by atoms with van der Waals surface area (Å²) in [6.07, 6.45) is 3.33. The van der Waals surface area contributed by atoms with Gasteiger partial charge in [-0.3, -0.25) is 9.79 Å². The van der Waals surface area contributed by atoms with Crippen molar-refractivity contribution in [1.82, 2.24) is 16.0 Å². The Morgan fingerprint density at radius 2 is 2.00 bits per heavy atom. The van der Waals surface area contributed by atoms with E-state index in [1.54, 1.807) is 12.1 Å². The first kappa shape index (κ1) is 25.4. The van der Waals surface area contributed by atoms with Gasteiger partial charge in [-0.05, 0) is 50.5 Å². The Morgan fingerprint density at radius 1 is 1.24 bits per heavy atom. The third-order valence-corrected chi connectivity index (χ3v) is 4.22. The summed E-state index contributed by atoms with van der Waals surface area (Å²) >= 11 is 0. The molecule has 0 spiro atoms. The van der Waals surface area contributed by atoms with Crippen molar-refractivity contribution in [2.45, 2.75) is 32.3 Å². The molecule has 1 heterocycles. The SMILES string of the molecule is CCNC(=NCCCOCC1CCCO1)NCCNC(=O)c1ccc(O)cc1.I. The van der Waals surface area contributed by atoms with E-state index in [1.807, 2.05) is 6.92 Å². The number of phenolic OH excluding ortho intramolecular Hbond substituents is 1. The van der Waals surface area contributed by atoms with Crippen molar-refractivity contribution in [2.24, 2.45) is 4.99 Å². The second-order valence-electron chi connectivity index (χ2n) is 6.55. The molecule has 4 N–H and O–H groups in total. The first-order valence-electron chi connectivity index (χ1n) is 9.97. The quantitative estimate of drug-likeness (QED) is 0.154. The normalized spacial score (nSPS) is 16.2. The Hall–Kier alpha value is -1.59. The van der Waals surface area contributed by atoms with Gasteiger partial charge in [0.2, 0.25) is 0 Å². The molecular formula is C20H33IN4O4. The molecule has 1 atom stereocenters. The Labute approximate surface area is 189 Å². The molecule has 2 rings (SSSR count). The largest absolute Gasteiger partial charge is 0.508 e. The fraction of sp³-hybridized carbons (Fsp3) is 0.600. The monoisotopic (exact) mass is 520 g/mol. The van der Waals surface area contributed by atoms with E-state index in [9.17, 15) is 9.90 Å². The predicted octanol–water partition coefficient (Wildman–Crippen LogP) is 1.88. The Bertz CT molecular complexity index is 607. The average Bonchev–Trinajstić information content (AvgIpc) is 3.21. The first-order valence-corrected chi connectivity index (χ1v) is 9.97. The van der Waals surface area contributed by atoms with Crippen LogP contribution in [0.15, 0.2) is 29.3 Å². The second-order valence-corrected chi connectivity index (χ2v) is 6.55. The number of benzene rings is 1. The number of rotatable bonds is 11. The number of aliphatic imine (C=N–C) groups is 1. The maximum absolute atomic E-state index is 12.0. The molecule has 8 nitrogen and oxygen atoms in total. The van der Waals surface area contributed by atoms with Crippen LogP contribution in [-0.4, -0.2) is 69.1 Å². The molecule has 1 amide bonds. The Morgan fingerprint density at radius 3 is 2.69 bits per heavy atom. The van der Waals surface area contributed by atoms with Crippen LogP contribution < -0.4 is 16.0 Å². The predicted molar refractivity (Wildman–Crippen MR) is 124 cm³/mol. The zero-order chi connectivity index (χ0) is 20.0. The molecule has 0 saturated carbocycles. The molecule has 1 unspecified atom stereocenters. The number of phenols is 1. The van der Waals surface area contributed by atoms with E-state index in [-0.39, 0.29) is 41.7 Å². The molecule has 9 heteroatoms. The molecule has 0 aromatic heterocycles. The Balaban J connectivity index is 0.00000420. The lowest BCUT2D eigenvalue weighted by Crippen LogP contribution is -2.41. The van der Waals surface area contributed by atoms with Gasteiger partial charge in [-0.2, -0.15) is 0 Å². The van der Waals surface area contributed by atoms with Crippen molar-refractivity contribution >= 4 is 35.8 Å². The number of aromatic hydroxyl groups is 1. The van der Waals surface area contributed by atoms with Gasteiger partial charge in [0.1, 0.15) is 5.75 Å². The minimum absolute atomic E-state index is 0. The number of ether oxygens (including phenoxy) is 2. The number of nitrogens with zero attached hydrogens (tertiary/aromatic N) is 1. The van der Waals surface area contributed by atoms with Gasteiger partial charge in [0.05, 0.1) is 12.7 Å². The molecule has 0 radical (unpaired) electrons. The van der Waals surface area contributed by atoms with Gasteiger partial charge < -0.3 is 30.5 Å². The van der Waals surface area contributed by atoms with E-state index in [0.717, 1.165) is 38.4 Å². The number of guanidine groups is 1. The highest BCUT2D eigenvalue weighted by Crippen LogP contribution is 2.12. The number of hydrogen-bond donors (Lipinski definition) is 4. The molecule has 0 bridgehead atoms. The third kappa shape index (κ3) is 10.7. The number of nitrogens with one attached hydrogen (secondary N) is 3. The van der Waals surface area contributed by atoms with Gasteiger partial charge in [0.15, 0.2) is 5.96 Å². The van der Waals surface area contributed by atoms with Gasteiger partial charge >= 0.3 is 0 Å². The van der Waals surface area contributed by atoms with Crippen LogP contribution in [0.5, 0.6) is 5.75 Å². The van der Waals surface area contributed by atoms with Crippen LogP contribution in [0.1, 0.15) is 36.5 Å². The van der Waals surface area contributed by atoms with Gasteiger partial charge in [0, 0.05) is 45.0 Å². The van der Waals surface area contributed by atoms with Gasteiger partial charge in [-0.1, -0.05) is 0 Å². The van der Waals surface area contributed by atoms with Crippen molar-refractivity contribution in [3.8, 4) is 5.75 Å². The molecule has 1 aromatic carbocycles. The zero-order valence-corrected chi connectivity index (χ0v) is 19.3. The lowest BCUT2D eigenvalue weighted by molar-refractivity contribution is 0.0171. The van der Waals surface area contributed by atoms with E-state index >= 15 is 0 Å². The minimum atomic E-state index is -0.174. The van der Waals surface area contributed by atoms with Gasteiger partial charge in [-0.25, -0.2) is 0 Å². The van der Waals surface area contributed by atoms with Crippen molar-refractivity contribution in [2.75, 3.05) is 46.0 Å². The summed E-state index contributed by atoms with van der Waals surface area (Å²) in [5.41, 5.74) is 0.515. The minimum Gasteiger partial charge on any atom is -0.508 e. The summed E-state index contributed by atoms with van der Waals surface area (Å²) in [5, 5.41) is 18.5. The number of carbonyl (C=O) groups excluding carboxylic acids is 1. The summed E-state index contributed by atoms with van der Waals surface area (Å²) in [5.74, 6) is 0.689. The van der Waals surface area contributed by atoms with Crippen molar-refractivity contribution in [3.63, 3.8) is 0 Å². The van der Waals surface area contributed by atoms with E-state index in [1.165, 1.54) is 12.1 Å². The maximum Gasteiger partial charge on any atom is 0.251 e. The van der Waals surface area contributed by atoms with Crippen LogP contribution in [0.25, 0.3) is 0 Å². The highest BCUT2D eigenvalue weighted by atomic mass is 127. The van der Waals surface area contributed by atoms with Crippen molar-refractivity contribution < 1.29 is 19.4 Å². The number of hydrogen-bond acceptors (Lipinski definition) is 5. The molecule has 1 fully saturated rings. The van der Waals surface area contributed by atoms with Crippen LogP contribution in [0.4, 0.5) is 0 Å². The second kappa shape index (κ2) is 15.3. The maximum atomic E-state index is 12.0. The third-order valence-electron chi connectivity index (χ3n) is 4.22. The molecule has 0 aliphatic carbocycles. The highest BCUT2D eigenvalue weighted by Gasteiger charge is 2.14. The molecule has 1 saturated heterocycles. The summed E-state index contributed by atoms with van der Waals surface area (Å²) in [6, 6.07) is 6.16. The van der Waals surface area contributed by atoms with Crippen LogP contribution in [0.2, 0.25) is 0 Å². The summed E-state index contributed by atoms with van der Waals surface area (Å²) < 4.78 is 11.2. The Kier molecular flexibility index (Phi) is 13.4. The van der Waals surface area contributed by atoms with Crippen LogP contribution in [0, 0.1) is 0 Å². The molecule has 1 aromatic rings. The van der Waals surface area contributed by atoms with E-state index in [4.69, 9.17) is 9.47 Å². The highest BCUT2D eigenvalue weighted by molar-refractivity contribution is 14.0. The van der Waals surface area contributed by atoms with E-state index in [2.05, 4.69) is 20.9 Å². The zero-order valence-electron chi connectivity index (χ0n) is 17.0. The fourth-order valence-electron chi connectivity index (χ4n) is 2.76. The van der Waals surface area contributed by atoms with E-state index < -0.39 is 0 Å². The standard InChI is InChI=1S/C20H32N4O4.HI/c1-2-21-20(23-10-4-13-27-15-18-5-3-14-28-18)24-12-11-22-19(26)16-6-8-17(25)9-7-16;/h6-9,18,25H,2-5,10-15H2,1H3,(H,22,26)(H2,21,23,24);1H. The lowest BCUT2D eigenvalue weighted by Gasteiger charge is -2.12. The number of halogens is 1. The van der Waals surface area contributed by atoms with Gasteiger partial charge in [-0.15, -0.1) is 24.0 Å². The molecular weight excluding hydrogens is 487 g/mol. The van der Waals surface area contributed by atoms with Crippen LogP contribution in [-0.2, 0) is 9.47 Å². The van der Waals surface area contributed by atoms with Crippen molar-refractivity contribution in [1.29, 1.82) is 0 Å². The van der Waals surface area contributed by atoms with Crippen LogP contribution >= 0.6 is 24.0 Å². The lowest BCUT2D eigenvalue weighted by atomic mass is 10.2. The average molecular weight is 520 g/mol. The first-order chi connectivity index (χ1) is 13.7. The fourth-order valence-corrected chi connectivity index (χ4v) is 2.76. The molecule has 164 valence electrons. The molecule has 1 aliphatic heterocycles. The van der Waals surface area contributed by atoms with Gasteiger partial charge in [0.25, 0.3) is 5.91 Å². The smallest absolute Gasteiger partial charge is 0.251 e. The summed E-state index contributed by atoms with van der Waals surface area (Å²) in [6.45, 7) is 6.66. The summed E-state index contributed by atoms with van der Waals surface area (Å²) in [4.78, 5) is 16.5. The van der Waals surface area contributed by atoms with E-state index in [0.29, 0.717) is 38.4 Å². The number of carbonyl (C=O) groups is 1. The van der Waals surface area contributed by atoms with Crippen LogP contribution in [0.3, 0.4) is 0 Å². The topological polar surface area (TPSA) is 104 Å². The number of amides is 1. The molecule has 29 heavy (non-hydrogen) atoms. The summed E-state index contributed by atoms with van der Waals surface area (Å²) in [7, 11) is 0. The van der Waals surface area contributed by atoms with Crippen molar-refractivity contribution in [3.05, 3.63) is 29.8 Å². The molecule has 1 aliphatic rings.